The van der Waals surface area contributed by atoms with Crippen LogP contribution in [0.2, 0.25) is 0 Å². The summed E-state index contributed by atoms with van der Waals surface area (Å²) in [5, 5.41) is 0. The number of hydrogen-bond donors (Lipinski definition) is 0. The predicted molar refractivity (Wildman–Crippen MR) is 90.4 cm³/mol. The van der Waals surface area contributed by atoms with Crippen molar-refractivity contribution in [1.82, 2.24) is 9.21 Å². The first kappa shape index (κ1) is 19.8. The molecular formula is C17H24F2N2O3S. The molecule has 1 aromatic carbocycles. The fraction of sp³-hybridized carbons (Fsp3) is 0.588. The zero-order valence-electron chi connectivity index (χ0n) is 14.8. The van der Waals surface area contributed by atoms with Crippen LogP contribution in [0, 0.1) is 17.0 Å². The number of amides is 1. The molecule has 25 heavy (non-hydrogen) atoms. The highest BCUT2D eigenvalue weighted by molar-refractivity contribution is 7.89. The molecule has 1 heterocycles. The van der Waals surface area contributed by atoms with Crippen molar-refractivity contribution in [2.45, 2.75) is 38.5 Å². The van der Waals surface area contributed by atoms with E-state index in [0.29, 0.717) is 25.5 Å². The van der Waals surface area contributed by atoms with Crippen LogP contribution in [0.4, 0.5) is 8.78 Å². The second kappa shape index (κ2) is 7.37. The molecule has 1 aromatic rings. The van der Waals surface area contributed by atoms with E-state index >= 15 is 0 Å². The van der Waals surface area contributed by atoms with E-state index in [9.17, 15) is 22.0 Å². The minimum absolute atomic E-state index is 0.0244. The van der Waals surface area contributed by atoms with Crippen molar-refractivity contribution in [1.29, 1.82) is 0 Å². The van der Waals surface area contributed by atoms with Crippen LogP contribution in [-0.2, 0) is 14.8 Å². The molecule has 0 atom stereocenters. The Balaban J connectivity index is 2.15. The lowest BCUT2D eigenvalue weighted by Crippen LogP contribution is -2.38. The normalized spacial score (nSPS) is 17.4. The van der Waals surface area contributed by atoms with Crippen molar-refractivity contribution in [3.05, 3.63) is 29.8 Å². The molecule has 0 saturated carbocycles. The molecule has 0 bridgehead atoms. The lowest BCUT2D eigenvalue weighted by molar-refractivity contribution is -0.132. The van der Waals surface area contributed by atoms with Crippen LogP contribution in [0.25, 0.3) is 0 Å². The molecule has 140 valence electrons. The third-order valence-corrected chi connectivity index (χ3v) is 5.91. The maximum atomic E-state index is 13.9. The lowest BCUT2D eigenvalue weighted by atomic mass is 9.91. The van der Waals surface area contributed by atoms with E-state index in [0.717, 1.165) is 16.4 Å². The molecule has 1 amide bonds. The van der Waals surface area contributed by atoms with Gasteiger partial charge in [0.15, 0.2) is 0 Å². The van der Waals surface area contributed by atoms with E-state index in [2.05, 4.69) is 0 Å². The van der Waals surface area contributed by atoms with Crippen LogP contribution in [0.3, 0.4) is 0 Å². The van der Waals surface area contributed by atoms with Gasteiger partial charge in [-0.3, -0.25) is 4.79 Å². The van der Waals surface area contributed by atoms with Gasteiger partial charge < -0.3 is 4.90 Å². The zero-order chi connectivity index (χ0) is 18.8. The van der Waals surface area contributed by atoms with Gasteiger partial charge in [-0.25, -0.2) is 17.2 Å². The van der Waals surface area contributed by atoms with E-state index in [1.165, 1.54) is 0 Å². The number of sulfonamides is 1. The molecule has 1 saturated heterocycles. The number of nitrogens with zero attached hydrogens (tertiary/aromatic N) is 2. The van der Waals surface area contributed by atoms with Crippen LogP contribution >= 0.6 is 0 Å². The van der Waals surface area contributed by atoms with Crippen molar-refractivity contribution in [3.8, 4) is 0 Å². The summed E-state index contributed by atoms with van der Waals surface area (Å²) < 4.78 is 53.6. The molecule has 0 spiro atoms. The predicted octanol–water partition coefficient (Wildman–Crippen LogP) is 2.62. The van der Waals surface area contributed by atoms with Gasteiger partial charge in [0.25, 0.3) is 0 Å². The van der Waals surface area contributed by atoms with Gasteiger partial charge in [-0.2, -0.15) is 4.31 Å². The molecule has 2 rings (SSSR count). The van der Waals surface area contributed by atoms with Crippen molar-refractivity contribution in [2.75, 3.05) is 26.2 Å². The molecule has 1 aliphatic heterocycles. The topological polar surface area (TPSA) is 57.7 Å². The van der Waals surface area contributed by atoms with Gasteiger partial charge >= 0.3 is 0 Å². The van der Waals surface area contributed by atoms with Crippen molar-refractivity contribution in [2.24, 2.45) is 5.41 Å². The summed E-state index contributed by atoms with van der Waals surface area (Å²) in [5.41, 5.74) is -0.153. The van der Waals surface area contributed by atoms with E-state index in [-0.39, 0.29) is 31.0 Å². The largest absolute Gasteiger partial charge is 0.341 e. The highest BCUT2D eigenvalue weighted by Gasteiger charge is 2.31. The Labute approximate surface area is 147 Å². The summed E-state index contributed by atoms with van der Waals surface area (Å²) in [5.74, 6) is -1.81. The van der Waals surface area contributed by atoms with Gasteiger partial charge in [-0.05, 0) is 30.0 Å². The number of carbonyl (C=O) groups is 1. The van der Waals surface area contributed by atoms with E-state index in [4.69, 9.17) is 0 Å². The summed E-state index contributed by atoms with van der Waals surface area (Å²) in [6.45, 7) is 6.81. The minimum Gasteiger partial charge on any atom is -0.341 e. The fourth-order valence-electron chi connectivity index (χ4n) is 2.76. The highest BCUT2D eigenvalue weighted by atomic mass is 32.2. The molecule has 1 fully saturated rings. The molecular weight excluding hydrogens is 350 g/mol. The molecule has 0 aromatic heterocycles. The first-order chi connectivity index (χ1) is 11.5. The van der Waals surface area contributed by atoms with Gasteiger partial charge in [0.05, 0.1) is 0 Å². The number of halogens is 2. The Morgan fingerprint density at radius 2 is 1.80 bits per heavy atom. The van der Waals surface area contributed by atoms with Crippen LogP contribution in [0.15, 0.2) is 23.1 Å². The van der Waals surface area contributed by atoms with Crippen LogP contribution in [0.1, 0.15) is 33.6 Å². The number of carbonyl (C=O) groups excluding carboxylic acids is 1. The first-order valence-electron chi connectivity index (χ1n) is 8.24. The van der Waals surface area contributed by atoms with Gasteiger partial charge in [0.2, 0.25) is 15.9 Å². The molecule has 0 unspecified atom stereocenters. The van der Waals surface area contributed by atoms with Gasteiger partial charge in [-0.15, -0.1) is 0 Å². The van der Waals surface area contributed by atoms with E-state index in [1.807, 2.05) is 20.8 Å². The molecule has 0 radical (unpaired) electrons. The standard InChI is InChI=1S/C17H24F2N2O3S/c1-17(2,3)12-16(22)20-7-4-8-21(10-9-20)25(23,24)15-11-13(18)5-6-14(15)19/h5-6,11H,4,7-10,12H2,1-3H3. The third-order valence-electron chi connectivity index (χ3n) is 4.00. The summed E-state index contributed by atoms with van der Waals surface area (Å²) in [7, 11) is -4.14. The zero-order valence-corrected chi connectivity index (χ0v) is 15.6. The van der Waals surface area contributed by atoms with E-state index < -0.39 is 26.6 Å². The highest BCUT2D eigenvalue weighted by Crippen LogP contribution is 2.23. The summed E-state index contributed by atoms with van der Waals surface area (Å²) in [6, 6.07) is 2.38. The molecule has 0 N–H and O–H groups in total. The quantitative estimate of drug-likeness (QED) is 0.817. The fourth-order valence-corrected chi connectivity index (χ4v) is 4.31. The maximum absolute atomic E-state index is 13.9. The average molecular weight is 374 g/mol. The Morgan fingerprint density at radius 1 is 1.12 bits per heavy atom. The van der Waals surface area contributed by atoms with Gasteiger partial charge in [-0.1, -0.05) is 20.8 Å². The van der Waals surface area contributed by atoms with Crippen LogP contribution < -0.4 is 0 Å². The Bertz CT molecular complexity index is 745. The first-order valence-corrected chi connectivity index (χ1v) is 9.68. The average Bonchev–Trinajstić information content (AvgIpc) is 2.74. The van der Waals surface area contributed by atoms with Crippen molar-refractivity contribution in [3.63, 3.8) is 0 Å². The lowest BCUT2D eigenvalue weighted by Gasteiger charge is -2.25. The van der Waals surface area contributed by atoms with Gasteiger partial charge in [0.1, 0.15) is 16.5 Å². The smallest absolute Gasteiger partial charge is 0.246 e. The maximum Gasteiger partial charge on any atom is 0.246 e. The molecule has 0 aliphatic carbocycles. The Morgan fingerprint density at radius 3 is 2.44 bits per heavy atom. The number of rotatable bonds is 3. The number of benzene rings is 1. The summed E-state index contributed by atoms with van der Waals surface area (Å²) >= 11 is 0. The SMILES string of the molecule is CC(C)(C)CC(=O)N1CCCN(S(=O)(=O)c2cc(F)ccc2F)CC1. The monoisotopic (exact) mass is 374 g/mol. The van der Waals surface area contributed by atoms with Gasteiger partial charge in [0, 0.05) is 32.6 Å². The molecule has 8 heteroatoms. The summed E-state index contributed by atoms with van der Waals surface area (Å²) in [4.78, 5) is 13.3. The molecule has 5 nitrogen and oxygen atoms in total. The third kappa shape index (κ3) is 4.98. The summed E-state index contributed by atoms with van der Waals surface area (Å²) in [6.07, 6.45) is 0.824. The number of hydrogen-bond acceptors (Lipinski definition) is 3. The molecule has 1 aliphatic rings. The minimum atomic E-state index is -4.14. The van der Waals surface area contributed by atoms with Crippen molar-refractivity contribution >= 4 is 15.9 Å². The Hall–Kier alpha value is -1.54. The van der Waals surface area contributed by atoms with E-state index in [1.54, 1.807) is 4.90 Å². The second-order valence-electron chi connectivity index (χ2n) is 7.45. The van der Waals surface area contributed by atoms with Crippen molar-refractivity contribution < 1.29 is 22.0 Å². The van der Waals surface area contributed by atoms with Crippen LogP contribution in [-0.4, -0.2) is 49.7 Å². The Kier molecular flexibility index (Phi) is 5.83. The van der Waals surface area contributed by atoms with Crippen LogP contribution in [0.5, 0.6) is 0 Å². The second-order valence-corrected chi connectivity index (χ2v) is 9.36.